The predicted molar refractivity (Wildman–Crippen MR) is 146 cm³/mol. The van der Waals surface area contributed by atoms with Crippen LogP contribution in [0.4, 0.5) is 5.82 Å². The first kappa shape index (κ1) is 22.3. The molecule has 2 aliphatic rings. The van der Waals surface area contributed by atoms with Crippen molar-refractivity contribution in [1.29, 1.82) is 0 Å². The second-order valence-electron chi connectivity index (χ2n) is 10.4. The summed E-state index contributed by atoms with van der Waals surface area (Å²) in [6.07, 6.45) is 3.74. The number of likely N-dealkylation sites (N-methyl/N-ethyl adjacent to an activating group) is 1. The van der Waals surface area contributed by atoms with Crippen molar-refractivity contribution in [1.82, 2.24) is 34.4 Å². The Morgan fingerprint density at radius 2 is 1.65 bits per heavy atom. The standard InChI is InChI=1S/C29H30N8/c1-35-11-13-36(14-12-35)23-15-22(16-23)29-34-26(27-28(30)31-18-32-37(27)29)21-8-7-20-9-10-24(33-25(20)17-21)19-5-3-2-4-6-19/h2-10,17-18,22-23H,11-16H2,1H3,(H2,30,31,32). The van der Waals surface area contributed by atoms with E-state index in [1.54, 1.807) is 0 Å². The minimum absolute atomic E-state index is 0.364. The Morgan fingerprint density at radius 3 is 2.46 bits per heavy atom. The van der Waals surface area contributed by atoms with Gasteiger partial charge in [0, 0.05) is 54.7 Å². The molecule has 3 aromatic heterocycles. The van der Waals surface area contributed by atoms with Gasteiger partial charge in [-0.15, -0.1) is 0 Å². The number of nitrogen functional groups attached to an aromatic ring is 1. The predicted octanol–water partition coefficient (Wildman–Crippen LogP) is 4.08. The molecule has 2 fully saturated rings. The third kappa shape index (κ3) is 3.93. The largest absolute Gasteiger partial charge is 0.382 e. The Morgan fingerprint density at radius 1 is 0.865 bits per heavy atom. The van der Waals surface area contributed by atoms with Gasteiger partial charge in [0.05, 0.1) is 11.2 Å². The molecule has 37 heavy (non-hydrogen) atoms. The summed E-state index contributed by atoms with van der Waals surface area (Å²) in [4.78, 5) is 19.5. The van der Waals surface area contributed by atoms with Crippen LogP contribution in [0.25, 0.3) is 38.9 Å². The third-order valence-corrected chi connectivity index (χ3v) is 8.05. The number of anilines is 1. The normalized spacial score (nSPS) is 20.9. The molecule has 7 rings (SSSR count). The van der Waals surface area contributed by atoms with Crippen LogP contribution in [0.2, 0.25) is 0 Å². The number of benzene rings is 2. The summed E-state index contributed by atoms with van der Waals surface area (Å²) in [5, 5.41) is 5.67. The highest BCUT2D eigenvalue weighted by molar-refractivity contribution is 5.91. The Balaban J connectivity index is 1.24. The van der Waals surface area contributed by atoms with Gasteiger partial charge in [-0.2, -0.15) is 5.10 Å². The number of fused-ring (bicyclic) bond motifs is 2. The number of hydrogen-bond acceptors (Lipinski definition) is 7. The maximum Gasteiger partial charge on any atom is 0.153 e. The zero-order valence-electron chi connectivity index (χ0n) is 21.0. The Labute approximate surface area is 215 Å². The van der Waals surface area contributed by atoms with Gasteiger partial charge in [0.2, 0.25) is 0 Å². The third-order valence-electron chi connectivity index (χ3n) is 8.05. The van der Waals surface area contributed by atoms with E-state index in [1.165, 1.54) is 6.33 Å². The fraction of sp³-hybridized carbons (Fsp3) is 0.310. The molecule has 186 valence electrons. The molecule has 0 atom stereocenters. The summed E-state index contributed by atoms with van der Waals surface area (Å²) in [6.45, 7) is 4.57. The van der Waals surface area contributed by atoms with E-state index in [0.717, 1.165) is 83.8 Å². The van der Waals surface area contributed by atoms with E-state index >= 15 is 0 Å². The van der Waals surface area contributed by atoms with E-state index in [-0.39, 0.29) is 0 Å². The summed E-state index contributed by atoms with van der Waals surface area (Å²) in [6, 6.07) is 21.4. The van der Waals surface area contributed by atoms with Gasteiger partial charge in [0.25, 0.3) is 0 Å². The molecule has 0 amide bonds. The van der Waals surface area contributed by atoms with Gasteiger partial charge in [0.15, 0.2) is 5.82 Å². The van der Waals surface area contributed by atoms with E-state index in [0.29, 0.717) is 17.8 Å². The fourth-order valence-corrected chi connectivity index (χ4v) is 5.76. The number of nitrogens with two attached hydrogens (primary N) is 1. The minimum atomic E-state index is 0.364. The molecule has 1 aliphatic carbocycles. The lowest BCUT2D eigenvalue weighted by Crippen LogP contribution is -2.52. The Kier molecular flexibility index (Phi) is 5.37. The molecule has 4 heterocycles. The number of hydrogen-bond donors (Lipinski definition) is 1. The zero-order valence-corrected chi connectivity index (χ0v) is 21.0. The van der Waals surface area contributed by atoms with Gasteiger partial charge in [-0.1, -0.05) is 48.5 Å². The highest BCUT2D eigenvalue weighted by Crippen LogP contribution is 2.42. The highest BCUT2D eigenvalue weighted by Gasteiger charge is 2.38. The molecule has 2 N–H and O–H groups in total. The number of rotatable bonds is 4. The van der Waals surface area contributed by atoms with Crippen molar-refractivity contribution in [2.75, 3.05) is 39.0 Å². The average molecular weight is 491 g/mol. The van der Waals surface area contributed by atoms with Crippen molar-refractivity contribution in [3.63, 3.8) is 0 Å². The number of aromatic nitrogens is 5. The molecule has 0 unspecified atom stereocenters. The smallest absolute Gasteiger partial charge is 0.153 e. The van der Waals surface area contributed by atoms with Gasteiger partial charge >= 0.3 is 0 Å². The van der Waals surface area contributed by atoms with Crippen molar-refractivity contribution in [2.45, 2.75) is 24.8 Å². The van der Waals surface area contributed by atoms with Gasteiger partial charge in [-0.05, 0) is 32.0 Å². The number of imidazole rings is 1. The SMILES string of the molecule is CN1CCN(C2CC(c3nc(-c4ccc5ccc(-c6ccccc6)nc5c4)c4c(N)ncnn34)C2)CC1. The average Bonchev–Trinajstić information content (AvgIpc) is 3.29. The van der Waals surface area contributed by atoms with E-state index < -0.39 is 0 Å². The van der Waals surface area contributed by atoms with Crippen molar-refractivity contribution in [2.24, 2.45) is 0 Å². The van der Waals surface area contributed by atoms with Crippen LogP contribution in [0.5, 0.6) is 0 Å². The van der Waals surface area contributed by atoms with E-state index in [1.807, 2.05) is 22.7 Å². The van der Waals surface area contributed by atoms with Crippen molar-refractivity contribution in [3.8, 4) is 22.5 Å². The van der Waals surface area contributed by atoms with Crippen LogP contribution in [0, 0.1) is 0 Å². The van der Waals surface area contributed by atoms with E-state index in [4.69, 9.17) is 15.7 Å². The van der Waals surface area contributed by atoms with Gasteiger partial charge in [-0.25, -0.2) is 19.5 Å². The quantitative estimate of drug-likeness (QED) is 0.406. The minimum Gasteiger partial charge on any atom is -0.382 e. The Hall–Kier alpha value is -3.88. The molecule has 8 heteroatoms. The van der Waals surface area contributed by atoms with Crippen LogP contribution in [0.15, 0.2) is 67.0 Å². The summed E-state index contributed by atoms with van der Waals surface area (Å²) in [7, 11) is 2.20. The lowest BCUT2D eigenvalue weighted by molar-refractivity contribution is 0.0584. The fourth-order valence-electron chi connectivity index (χ4n) is 5.76. The van der Waals surface area contributed by atoms with Gasteiger partial charge < -0.3 is 10.6 Å². The second kappa shape index (κ2) is 8.90. The molecular weight excluding hydrogens is 460 g/mol. The second-order valence-corrected chi connectivity index (χ2v) is 10.4. The number of piperazine rings is 1. The summed E-state index contributed by atoms with van der Waals surface area (Å²) in [5.41, 5.74) is 12.0. The topological polar surface area (TPSA) is 88.5 Å². The summed E-state index contributed by atoms with van der Waals surface area (Å²) < 4.78 is 1.92. The highest BCUT2D eigenvalue weighted by atomic mass is 15.3. The molecule has 5 aromatic rings. The lowest BCUT2D eigenvalue weighted by atomic mass is 9.78. The maximum absolute atomic E-state index is 6.40. The molecule has 1 saturated carbocycles. The molecule has 0 bridgehead atoms. The lowest BCUT2D eigenvalue weighted by Gasteiger charge is -2.45. The zero-order chi connectivity index (χ0) is 24.9. The molecule has 0 radical (unpaired) electrons. The molecule has 2 aromatic carbocycles. The number of nitrogens with zero attached hydrogens (tertiary/aromatic N) is 7. The van der Waals surface area contributed by atoms with Crippen LogP contribution in [0.1, 0.15) is 24.6 Å². The van der Waals surface area contributed by atoms with Gasteiger partial charge in [0.1, 0.15) is 23.4 Å². The maximum atomic E-state index is 6.40. The first-order chi connectivity index (χ1) is 18.1. The van der Waals surface area contributed by atoms with E-state index in [2.05, 4.69) is 69.4 Å². The van der Waals surface area contributed by atoms with Crippen LogP contribution in [-0.2, 0) is 0 Å². The van der Waals surface area contributed by atoms with Crippen molar-refractivity contribution in [3.05, 3.63) is 72.8 Å². The first-order valence-corrected chi connectivity index (χ1v) is 13.0. The molecule has 1 aliphatic heterocycles. The van der Waals surface area contributed by atoms with Crippen LogP contribution >= 0.6 is 0 Å². The van der Waals surface area contributed by atoms with Crippen molar-refractivity contribution < 1.29 is 0 Å². The van der Waals surface area contributed by atoms with Crippen LogP contribution < -0.4 is 5.73 Å². The molecule has 0 spiro atoms. The van der Waals surface area contributed by atoms with Crippen molar-refractivity contribution >= 4 is 22.2 Å². The first-order valence-electron chi connectivity index (χ1n) is 13.0. The Bertz CT molecular complexity index is 1580. The van der Waals surface area contributed by atoms with Gasteiger partial charge in [-0.3, -0.25) is 4.90 Å². The molecular formula is C29H30N8. The molecule has 1 saturated heterocycles. The monoisotopic (exact) mass is 490 g/mol. The number of pyridine rings is 1. The summed E-state index contributed by atoms with van der Waals surface area (Å²) >= 11 is 0. The van der Waals surface area contributed by atoms with Crippen LogP contribution in [-0.4, -0.2) is 73.6 Å². The molecule has 8 nitrogen and oxygen atoms in total. The van der Waals surface area contributed by atoms with E-state index in [9.17, 15) is 0 Å². The van der Waals surface area contributed by atoms with Crippen LogP contribution in [0.3, 0.4) is 0 Å². The summed E-state index contributed by atoms with van der Waals surface area (Å²) in [5.74, 6) is 1.80.